The van der Waals surface area contributed by atoms with Crippen molar-refractivity contribution in [2.24, 2.45) is 0 Å². The van der Waals surface area contributed by atoms with Crippen molar-refractivity contribution < 1.29 is 18.3 Å². The number of carbonyl (C=O) groups is 1. The molecule has 2 aromatic carbocycles. The zero-order valence-corrected chi connectivity index (χ0v) is 17.0. The van der Waals surface area contributed by atoms with Gasteiger partial charge in [-0.15, -0.1) is 0 Å². The van der Waals surface area contributed by atoms with Crippen molar-refractivity contribution in [3.63, 3.8) is 0 Å². The van der Waals surface area contributed by atoms with Crippen LogP contribution in [0, 0.1) is 5.82 Å². The fraction of sp³-hybridized carbons (Fsp3) is 0.273. The van der Waals surface area contributed by atoms with Crippen LogP contribution in [0.3, 0.4) is 0 Å². The summed E-state index contributed by atoms with van der Waals surface area (Å²) in [5, 5.41) is 4.02. The largest absolute Gasteiger partial charge is 0.481 e. The number of hydrogen-bond acceptors (Lipinski definition) is 5. The minimum atomic E-state index is -0.679. The normalized spacial score (nSPS) is 15.2. The predicted octanol–water partition coefficient (Wildman–Crippen LogP) is 3.45. The summed E-state index contributed by atoms with van der Waals surface area (Å²) in [6.07, 6.45) is -0.679. The maximum absolute atomic E-state index is 13.4. The van der Waals surface area contributed by atoms with Gasteiger partial charge in [-0.05, 0) is 37.3 Å². The molecule has 1 aromatic heterocycles. The number of rotatable bonds is 4. The van der Waals surface area contributed by atoms with Gasteiger partial charge in [0, 0.05) is 54.8 Å². The van der Waals surface area contributed by atoms with Gasteiger partial charge in [-0.3, -0.25) is 4.79 Å². The van der Waals surface area contributed by atoms with E-state index in [1.165, 1.54) is 24.3 Å². The minimum absolute atomic E-state index is 0.0927. The van der Waals surface area contributed by atoms with Crippen molar-refractivity contribution in [2.45, 2.75) is 13.0 Å². The molecule has 3 aromatic rings. The van der Waals surface area contributed by atoms with Gasteiger partial charge in [0.1, 0.15) is 17.1 Å². The van der Waals surface area contributed by atoms with Crippen molar-refractivity contribution in [2.75, 3.05) is 26.2 Å². The number of benzene rings is 2. The van der Waals surface area contributed by atoms with Crippen molar-refractivity contribution in [3.05, 3.63) is 63.7 Å². The van der Waals surface area contributed by atoms with Crippen LogP contribution in [-0.2, 0) is 4.79 Å². The van der Waals surface area contributed by atoms with Gasteiger partial charge in [0.25, 0.3) is 5.91 Å². The third-order valence-electron chi connectivity index (χ3n) is 5.03. The molecule has 0 saturated carbocycles. The number of amides is 1. The summed E-state index contributed by atoms with van der Waals surface area (Å²) in [6, 6.07) is 10.3. The molecular weight excluding hydrogens is 411 g/mol. The van der Waals surface area contributed by atoms with Gasteiger partial charge >= 0.3 is 5.63 Å². The Balaban J connectivity index is 1.64. The molecule has 156 valence electrons. The Morgan fingerprint density at radius 3 is 2.67 bits per heavy atom. The van der Waals surface area contributed by atoms with Gasteiger partial charge < -0.3 is 19.4 Å². The van der Waals surface area contributed by atoms with E-state index in [2.05, 4.69) is 5.32 Å². The first-order valence-corrected chi connectivity index (χ1v) is 9.99. The van der Waals surface area contributed by atoms with Crippen LogP contribution in [0.5, 0.6) is 5.75 Å². The van der Waals surface area contributed by atoms with Crippen LogP contribution in [0.1, 0.15) is 6.92 Å². The summed E-state index contributed by atoms with van der Waals surface area (Å²) in [5.41, 5.74) is 0.770. The number of piperazine rings is 1. The van der Waals surface area contributed by atoms with E-state index in [9.17, 15) is 14.0 Å². The molecule has 1 aliphatic heterocycles. The summed E-state index contributed by atoms with van der Waals surface area (Å²) in [6.45, 7) is 4.49. The lowest BCUT2D eigenvalue weighted by molar-refractivity contribution is -0.138. The topological polar surface area (TPSA) is 71.8 Å². The molecule has 4 rings (SSSR count). The predicted molar refractivity (Wildman–Crippen MR) is 112 cm³/mol. The van der Waals surface area contributed by atoms with Crippen molar-refractivity contribution in [3.8, 4) is 16.9 Å². The summed E-state index contributed by atoms with van der Waals surface area (Å²) in [7, 11) is 0. The van der Waals surface area contributed by atoms with E-state index < -0.39 is 17.5 Å². The summed E-state index contributed by atoms with van der Waals surface area (Å²) in [4.78, 5) is 26.5. The van der Waals surface area contributed by atoms with Crippen LogP contribution in [0.2, 0.25) is 5.02 Å². The number of nitrogens with zero attached hydrogens (tertiary/aromatic N) is 1. The minimum Gasteiger partial charge on any atom is -0.481 e. The SMILES string of the molecule is C[C@@H](Oc1ccc2c(-c3ccc(F)cc3Cl)cc(=O)oc2c1)C(=O)N1CCNCC1. The highest BCUT2D eigenvalue weighted by molar-refractivity contribution is 6.33. The Bertz CT molecular complexity index is 1160. The second kappa shape index (κ2) is 8.45. The molecule has 8 heteroatoms. The molecule has 0 unspecified atom stereocenters. The molecule has 1 saturated heterocycles. The van der Waals surface area contributed by atoms with E-state index in [0.29, 0.717) is 35.4 Å². The van der Waals surface area contributed by atoms with Crippen molar-refractivity contribution in [1.82, 2.24) is 10.2 Å². The highest BCUT2D eigenvalue weighted by Crippen LogP contribution is 2.34. The Hall–Kier alpha value is -2.90. The fourth-order valence-corrected chi connectivity index (χ4v) is 3.81. The molecule has 6 nitrogen and oxygen atoms in total. The van der Waals surface area contributed by atoms with Gasteiger partial charge in [-0.25, -0.2) is 9.18 Å². The van der Waals surface area contributed by atoms with Gasteiger partial charge in [0.05, 0.1) is 5.02 Å². The summed E-state index contributed by atoms with van der Waals surface area (Å²) >= 11 is 6.18. The Kier molecular flexibility index (Phi) is 5.74. The molecule has 1 aliphatic rings. The standard InChI is InChI=1S/C22H20ClFN2O4/c1-13(22(28)26-8-6-25-7-9-26)29-15-3-5-17-18(12-21(27)30-20(17)11-15)16-4-2-14(24)10-19(16)23/h2-5,10-13,25H,6-9H2,1H3/t13-/m1/s1. The van der Waals surface area contributed by atoms with E-state index in [1.807, 2.05) is 0 Å². The number of fused-ring (bicyclic) bond motifs is 1. The maximum atomic E-state index is 13.4. The average molecular weight is 431 g/mol. The molecule has 0 spiro atoms. The Morgan fingerprint density at radius 2 is 1.93 bits per heavy atom. The van der Waals surface area contributed by atoms with E-state index in [-0.39, 0.29) is 16.5 Å². The van der Waals surface area contributed by atoms with Gasteiger partial charge in [0.2, 0.25) is 0 Å². The van der Waals surface area contributed by atoms with Crippen LogP contribution in [0.15, 0.2) is 51.7 Å². The van der Waals surface area contributed by atoms with Gasteiger partial charge in [-0.2, -0.15) is 0 Å². The van der Waals surface area contributed by atoms with E-state index in [0.717, 1.165) is 13.1 Å². The fourth-order valence-electron chi connectivity index (χ4n) is 3.54. The molecular formula is C22H20ClFN2O4. The number of ether oxygens (including phenoxy) is 1. The Morgan fingerprint density at radius 1 is 1.17 bits per heavy atom. The Labute approximate surface area is 177 Å². The zero-order valence-electron chi connectivity index (χ0n) is 16.3. The first-order valence-electron chi connectivity index (χ1n) is 9.62. The molecule has 30 heavy (non-hydrogen) atoms. The first-order chi connectivity index (χ1) is 14.4. The van der Waals surface area contributed by atoms with E-state index in [1.54, 1.807) is 30.0 Å². The van der Waals surface area contributed by atoms with E-state index in [4.69, 9.17) is 20.8 Å². The average Bonchev–Trinajstić information content (AvgIpc) is 2.73. The summed E-state index contributed by atoms with van der Waals surface area (Å²) < 4.78 is 24.6. The number of nitrogens with one attached hydrogen (secondary N) is 1. The molecule has 2 heterocycles. The molecule has 0 bridgehead atoms. The van der Waals surface area contributed by atoms with Crippen LogP contribution in [0.25, 0.3) is 22.1 Å². The van der Waals surface area contributed by atoms with Gasteiger partial charge in [0.15, 0.2) is 6.10 Å². The first kappa shape index (κ1) is 20.4. The highest BCUT2D eigenvalue weighted by atomic mass is 35.5. The number of carbonyl (C=O) groups excluding carboxylic acids is 1. The number of hydrogen-bond donors (Lipinski definition) is 1. The van der Waals surface area contributed by atoms with E-state index >= 15 is 0 Å². The second-order valence-corrected chi connectivity index (χ2v) is 7.50. The third-order valence-corrected chi connectivity index (χ3v) is 5.34. The molecule has 1 atom stereocenters. The van der Waals surface area contributed by atoms with Crippen molar-refractivity contribution in [1.29, 1.82) is 0 Å². The van der Waals surface area contributed by atoms with Crippen LogP contribution in [0.4, 0.5) is 4.39 Å². The molecule has 1 amide bonds. The lowest BCUT2D eigenvalue weighted by Gasteiger charge is -2.29. The van der Waals surface area contributed by atoms with Crippen LogP contribution >= 0.6 is 11.6 Å². The quantitative estimate of drug-likeness (QED) is 0.642. The molecule has 1 fully saturated rings. The van der Waals surface area contributed by atoms with Crippen LogP contribution in [-0.4, -0.2) is 43.1 Å². The molecule has 0 aliphatic carbocycles. The third kappa shape index (κ3) is 4.17. The van der Waals surface area contributed by atoms with Crippen molar-refractivity contribution >= 4 is 28.5 Å². The van der Waals surface area contributed by atoms with Crippen LogP contribution < -0.4 is 15.7 Å². The molecule has 0 radical (unpaired) electrons. The number of halogens is 2. The lowest BCUT2D eigenvalue weighted by atomic mass is 10.0. The second-order valence-electron chi connectivity index (χ2n) is 7.10. The maximum Gasteiger partial charge on any atom is 0.336 e. The zero-order chi connectivity index (χ0) is 21.3. The smallest absolute Gasteiger partial charge is 0.336 e. The van der Waals surface area contributed by atoms with Gasteiger partial charge in [-0.1, -0.05) is 11.6 Å². The monoisotopic (exact) mass is 430 g/mol. The highest BCUT2D eigenvalue weighted by Gasteiger charge is 2.23. The lowest BCUT2D eigenvalue weighted by Crippen LogP contribution is -2.50. The molecule has 1 N–H and O–H groups in total. The summed E-state index contributed by atoms with van der Waals surface area (Å²) in [5.74, 6) is -0.149.